The van der Waals surface area contributed by atoms with Gasteiger partial charge in [0, 0.05) is 12.1 Å². The van der Waals surface area contributed by atoms with Crippen molar-refractivity contribution < 1.29 is 9.52 Å². The van der Waals surface area contributed by atoms with Crippen LogP contribution in [0.3, 0.4) is 0 Å². The van der Waals surface area contributed by atoms with Gasteiger partial charge in [-0.25, -0.2) is 0 Å². The summed E-state index contributed by atoms with van der Waals surface area (Å²) in [7, 11) is -1.59. The second kappa shape index (κ2) is 13.3. The summed E-state index contributed by atoms with van der Waals surface area (Å²) in [6, 6.07) is 46.7. The lowest BCUT2D eigenvalue weighted by Crippen LogP contribution is -2.40. The summed E-state index contributed by atoms with van der Waals surface area (Å²) in [4.78, 5) is 13.1. The van der Waals surface area contributed by atoms with Gasteiger partial charge in [-0.1, -0.05) is 121 Å². The van der Waals surface area contributed by atoms with Crippen molar-refractivity contribution in [3.63, 3.8) is 0 Å². The normalized spacial score (nSPS) is 11.0. The number of aromatic nitrogens is 1. The van der Waals surface area contributed by atoms with Gasteiger partial charge in [0.15, 0.2) is 5.69 Å². The zero-order chi connectivity index (χ0) is 26.9. The van der Waals surface area contributed by atoms with Crippen molar-refractivity contribution >= 4 is 43.0 Å². The summed E-state index contributed by atoms with van der Waals surface area (Å²) in [5, 5.41) is 21.2. The monoisotopic (exact) mass is 548 g/mol. The number of hydrogen-bond acceptors (Lipinski definition) is 2. The molecule has 0 saturated heterocycles. The summed E-state index contributed by atoms with van der Waals surface area (Å²) < 4.78 is 0.999. The van der Waals surface area contributed by atoms with Crippen molar-refractivity contribution in [3.8, 4) is 0 Å². The minimum atomic E-state index is -0.842. The highest BCUT2D eigenvalue weighted by Crippen LogP contribution is 2.37. The van der Waals surface area contributed by atoms with Crippen molar-refractivity contribution in [1.29, 1.82) is 0 Å². The first-order valence-electron chi connectivity index (χ1n) is 12.9. The molecule has 0 spiro atoms. The highest BCUT2D eigenvalue weighted by molar-refractivity contribution is 7.73. The number of nitrogens with zero attached hydrogens (tertiary/aromatic N) is 1. The van der Waals surface area contributed by atoms with Gasteiger partial charge in [-0.2, -0.15) is 4.73 Å². The summed E-state index contributed by atoms with van der Waals surface area (Å²) >= 11 is 0. The zero-order valence-electron chi connectivity index (χ0n) is 21.6. The molecule has 0 bridgehead atoms. The van der Waals surface area contributed by atoms with E-state index in [4.69, 9.17) is 0 Å². The topological polar surface area (TPSA) is 56.0 Å². The van der Waals surface area contributed by atoms with E-state index >= 15 is 0 Å². The summed E-state index contributed by atoms with van der Waals surface area (Å²) in [6.45, 7) is 0.192. The van der Waals surface area contributed by atoms with Crippen LogP contribution < -0.4 is 31.3 Å². The second-order valence-electron chi connectivity index (χ2n) is 9.09. The molecule has 5 aromatic rings. The molecule has 1 heterocycles. The Balaban J connectivity index is 1.31. The average Bonchev–Trinajstić information content (AvgIpc) is 3.00. The van der Waals surface area contributed by atoms with Crippen molar-refractivity contribution in [2.24, 2.45) is 0 Å². The molecule has 4 aromatic carbocycles. The highest BCUT2D eigenvalue weighted by atomic mass is 31.1. The predicted molar refractivity (Wildman–Crippen MR) is 164 cm³/mol. The number of pyridine rings is 1. The Morgan fingerprint density at radius 3 is 1.44 bits per heavy atom. The Kier molecular flexibility index (Phi) is 9.12. The van der Waals surface area contributed by atoms with Crippen LogP contribution in [0.2, 0.25) is 0 Å². The molecular formula is C33H30N2O2P2. The van der Waals surface area contributed by atoms with Gasteiger partial charge in [-0.05, 0) is 43.1 Å². The van der Waals surface area contributed by atoms with E-state index < -0.39 is 15.8 Å². The first kappa shape index (κ1) is 26.8. The maximum Gasteiger partial charge on any atom is 0.225 e. The fourth-order valence-electron chi connectivity index (χ4n) is 4.48. The van der Waals surface area contributed by atoms with Crippen LogP contribution in [0.15, 0.2) is 140 Å². The van der Waals surface area contributed by atoms with Crippen LogP contribution in [0.1, 0.15) is 11.4 Å². The lowest BCUT2D eigenvalue weighted by Gasteiger charge is -2.19. The Morgan fingerprint density at radius 2 is 0.974 bits per heavy atom. The number of benzene rings is 4. The van der Waals surface area contributed by atoms with Crippen molar-refractivity contribution in [1.82, 2.24) is 5.32 Å². The third-order valence-corrected chi connectivity index (χ3v) is 11.4. The number of rotatable bonds is 10. The minimum Gasteiger partial charge on any atom is -0.618 e. The molecule has 0 saturated carbocycles. The van der Waals surface area contributed by atoms with Crippen LogP contribution in [0.25, 0.3) is 0 Å². The Hall–Kier alpha value is -3.84. The van der Waals surface area contributed by atoms with Gasteiger partial charge >= 0.3 is 0 Å². The highest BCUT2D eigenvalue weighted by Gasteiger charge is 2.22. The third-order valence-electron chi connectivity index (χ3n) is 6.46. The first-order valence-corrected chi connectivity index (χ1v) is 16.0. The molecule has 4 nitrogen and oxygen atoms in total. The van der Waals surface area contributed by atoms with E-state index in [-0.39, 0.29) is 12.5 Å². The SMILES string of the molecule is O=C(CP(c1ccccc1)c1ccccc1)NCc1cccc(CP(c2ccccc2)c2ccccc2)[n+]1[O-]. The van der Waals surface area contributed by atoms with Crippen molar-refractivity contribution in [2.45, 2.75) is 12.7 Å². The molecule has 1 aromatic heterocycles. The van der Waals surface area contributed by atoms with E-state index in [0.717, 1.165) is 15.3 Å². The molecule has 0 radical (unpaired) electrons. The number of carbonyl (C=O) groups is 1. The van der Waals surface area contributed by atoms with E-state index in [1.165, 1.54) is 10.6 Å². The molecular weight excluding hydrogens is 518 g/mol. The molecule has 39 heavy (non-hydrogen) atoms. The quantitative estimate of drug-likeness (QED) is 0.156. The molecule has 0 fully saturated rings. The minimum absolute atomic E-state index is 0.0601. The summed E-state index contributed by atoms with van der Waals surface area (Å²) in [5.74, 6) is -0.0601. The lowest BCUT2D eigenvalue weighted by molar-refractivity contribution is -0.621. The van der Waals surface area contributed by atoms with E-state index in [1.807, 2.05) is 84.9 Å². The molecule has 0 aliphatic carbocycles. The smallest absolute Gasteiger partial charge is 0.225 e. The molecule has 5 rings (SSSR count). The molecule has 0 atom stereocenters. The van der Waals surface area contributed by atoms with E-state index in [1.54, 1.807) is 6.07 Å². The van der Waals surface area contributed by atoms with Crippen LogP contribution in [0.4, 0.5) is 0 Å². The van der Waals surface area contributed by atoms with Crippen molar-refractivity contribution in [3.05, 3.63) is 156 Å². The number of amides is 1. The molecule has 0 aliphatic heterocycles. The van der Waals surface area contributed by atoms with Gasteiger partial charge in [0.25, 0.3) is 0 Å². The van der Waals surface area contributed by atoms with Crippen LogP contribution >= 0.6 is 15.8 Å². The summed E-state index contributed by atoms with van der Waals surface area (Å²) in [5.41, 5.74) is 1.25. The van der Waals surface area contributed by atoms with E-state index in [0.29, 0.717) is 23.7 Å². The number of hydrogen-bond donors (Lipinski definition) is 1. The fraction of sp³-hybridized carbons (Fsp3) is 0.0909. The van der Waals surface area contributed by atoms with Gasteiger partial charge in [-0.3, -0.25) is 4.79 Å². The van der Waals surface area contributed by atoms with Crippen LogP contribution in [0, 0.1) is 5.21 Å². The van der Waals surface area contributed by atoms with Gasteiger partial charge in [0.2, 0.25) is 11.6 Å². The molecule has 194 valence electrons. The Labute approximate surface area is 232 Å². The van der Waals surface area contributed by atoms with Gasteiger partial charge < -0.3 is 10.5 Å². The fourth-order valence-corrected chi connectivity index (χ4v) is 8.90. The number of carbonyl (C=O) groups excluding carboxylic acids is 1. The molecule has 1 N–H and O–H groups in total. The maximum atomic E-state index is 13.4. The number of nitrogens with one attached hydrogen (secondary N) is 1. The average molecular weight is 549 g/mol. The van der Waals surface area contributed by atoms with Crippen LogP contribution in [-0.2, 0) is 17.5 Å². The third kappa shape index (κ3) is 6.98. The molecule has 6 heteroatoms. The molecule has 0 unspecified atom stereocenters. The predicted octanol–water partition coefficient (Wildman–Crippen LogP) is 4.70. The largest absolute Gasteiger partial charge is 0.618 e. The maximum absolute atomic E-state index is 13.4. The van der Waals surface area contributed by atoms with E-state index in [2.05, 4.69) is 53.8 Å². The first-order chi connectivity index (χ1) is 19.2. The van der Waals surface area contributed by atoms with Gasteiger partial charge in [0.1, 0.15) is 6.54 Å². The Bertz CT molecular complexity index is 1410. The lowest BCUT2D eigenvalue weighted by atomic mass is 10.3. The second-order valence-corrected chi connectivity index (χ2v) is 13.5. The Morgan fingerprint density at radius 1 is 0.564 bits per heavy atom. The molecule has 1 amide bonds. The van der Waals surface area contributed by atoms with Crippen molar-refractivity contribution in [2.75, 3.05) is 6.16 Å². The standard InChI is InChI=1S/C33H30N2O2P2/c36-33(26-39(31-20-9-3-10-21-31)32-22-11-4-12-23-32)34-24-27-14-13-15-28(35(27)37)25-38(29-16-5-1-6-17-29)30-18-7-2-8-19-30/h1-23H,24-26H2,(H,34,36). The van der Waals surface area contributed by atoms with Crippen LogP contribution in [0.5, 0.6) is 0 Å². The summed E-state index contributed by atoms with van der Waals surface area (Å²) in [6.07, 6.45) is 0.997. The van der Waals surface area contributed by atoms with Gasteiger partial charge in [-0.15, -0.1) is 0 Å². The molecule has 0 aliphatic rings. The van der Waals surface area contributed by atoms with Crippen LogP contribution in [-0.4, -0.2) is 12.1 Å². The van der Waals surface area contributed by atoms with Gasteiger partial charge in [0.05, 0.1) is 12.3 Å². The van der Waals surface area contributed by atoms with E-state index in [9.17, 15) is 10.0 Å². The zero-order valence-corrected chi connectivity index (χ0v) is 23.3.